The smallest absolute Gasteiger partial charge is 0.200 e. The maximum atomic E-state index is 5.62. The van der Waals surface area contributed by atoms with E-state index >= 15 is 0 Å². The minimum Gasteiger partial charge on any atom is -0.440 e. The summed E-state index contributed by atoms with van der Waals surface area (Å²) in [5, 5.41) is 4.50. The number of oxazole rings is 1. The van der Waals surface area contributed by atoms with Gasteiger partial charge in [0.25, 0.3) is 0 Å². The maximum absolute atomic E-state index is 5.62. The van der Waals surface area contributed by atoms with Gasteiger partial charge in [-0.2, -0.15) is 5.10 Å². The van der Waals surface area contributed by atoms with Crippen molar-refractivity contribution in [2.45, 2.75) is 131 Å². The second kappa shape index (κ2) is 19.1. The summed E-state index contributed by atoms with van der Waals surface area (Å²) in [4.78, 5) is 16.6. The Balaban J connectivity index is 0.000000189. The van der Waals surface area contributed by atoms with E-state index in [1.807, 2.05) is 59.4 Å². The molecule has 7 aromatic rings. The number of pyridine rings is 2. The Morgan fingerprint density at radius 2 is 1.05 bits per heavy atom. The first-order chi connectivity index (χ1) is 26.0. The lowest BCUT2D eigenvalue weighted by molar-refractivity contribution is 0.411. The van der Waals surface area contributed by atoms with Gasteiger partial charge in [-0.05, 0) is 58.4 Å². The molecule has 7 rings (SSSR count). The first-order valence-corrected chi connectivity index (χ1v) is 19.5. The Morgan fingerprint density at radius 3 is 1.50 bits per heavy atom. The van der Waals surface area contributed by atoms with E-state index in [2.05, 4.69) is 177 Å². The van der Waals surface area contributed by atoms with Crippen LogP contribution in [0.25, 0.3) is 16.6 Å². The van der Waals surface area contributed by atoms with Crippen molar-refractivity contribution >= 4 is 16.6 Å². The largest absolute Gasteiger partial charge is 0.440 e. The quantitative estimate of drug-likeness (QED) is 0.153. The predicted octanol–water partition coefficient (Wildman–Crippen LogP) is 12.9. The normalized spacial score (nSPS) is 11.8. The van der Waals surface area contributed by atoms with E-state index in [0.29, 0.717) is 5.41 Å². The van der Waals surface area contributed by atoms with Gasteiger partial charge in [0.15, 0.2) is 5.58 Å². The van der Waals surface area contributed by atoms with Crippen LogP contribution in [-0.4, -0.2) is 29.5 Å². The van der Waals surface area contributed by atoms with Crippen molar-refractivity contribution in [3.05, 3.63) is 157 Å². The molecule has 0 aliphatic heterocycles. The summed E-state index contributed by atoms with van der Waals surface area (Å²) in [6.45, 7) is 32.4. The number of aromatic nitrogens is 6. The van der Waals surface area contributed by atoms with E-state index in [1.165, 1.54) is 11.1 Å². The fourth-order valence-corrected chi connectivity index (χ4v) is 4.93. The highest BCUT2D eigenvalue weighted by Gasteiger charge is 2.21. The number of rotatable bonds is 0. The van der Waals surface area contributed by atoms with Crippen LogP contribution in [0.4, 0.5) is 0 Å². The highest BCUT2D eigenvalue weighted by molar-refractivity contribution is 5.72. The molecule has 56 heavy (non-hydrogen) atoms. The van der Waals surface area contributed by atoms with Crippen LogP contribution in [0.1, 0.15) is 132 Å². The molecular formula is C49H66N6O. The Bertz CT molecular complexity index is 1880. The van der Waals surface area contributed by atoms with Gasteiger partial charge >= 0.3 is 0 Å². The van der Waals surface area contributed by atoms with Crippen LogP contribution in [0.3, 0.4) is 0 Å². The highest BCUT2D eigenvalue weighted by atomic mass is 16.3. The molecule has 0 unspecified atom stereocenters. The third-order valence-electron chi connectivity index (χ3n) is 8.57. The summed E-state index contributed by atoms with van der Waals surface area (Å²) in [5.41, 5.74) is 8.58. The number of hydrogen-bond acceptors (Lipinski definition) is 6. The van der Waals surface area contributed by atoms with E-state index in [-0.39, 0.29) is 21.7 Å². The van der Waals surface area contributed by atoms with Crippen molar-refractivity contribution < 1.29 is 4.42 Å². The van der Waals surface area contributed by atoms with Gasteiger partial charge in [-0.15, -0.1) is 0 Å². The van der Waals surface area contributed by atoms with Gasteiger partial charge in [0.2, 0.25) is 5.89 Å². The van der Waals surface area contributed by atoms with Crippen LogP contribution in [0.2, 0.25) is 0 Å². The molecule has 7 heteroatoms. The maximum Gasteiger partial charge on any atom is 0.200 e. The van der Waals surface area contributed by atoms with Crippen molar-refractivity contribution in [2.75, 3.05) is 0 Å². The van der Waals surface area contributed by atoms with E-state index in [0.717, 1.165) is 33.9 Å². The van der Waals surface area contributed by atoms with Crippen molar-refractivity contribution in [2.24, 2.45) is 0 Å². The minimum atomic E-state index is -0.0149. The SMILES string of the molecule is CC(C)(C)c1cc2ccccn2n1.CC(C)(C)c1ccccc1.CC(C)(C)c1cccnc1.CC(C)(C)c1cnccn1.CC(C)(C)c1nc2ccccc2o1. The van der Waals surface area contributed by atoms with Crippen LogP contribution in [0.5, 0.6) is 0 Å². The van der Waals surface area contributed by atoms with Crippen LogP contribution >= 0.6 is 0 Å². The van der Waals surface area contributed by atoms with Gasteiger partial charge in [-0.3, -0.25) is 15.0 Å². The van der Waals surface area contributed by atoms with Crippen molar-refractivity contribution in [3.63, 3.8) is 0 Å². The zero-order chi connectivity index (χ0) is 41.8. The number of para-hydroxylation sites is 2. The molecule has 0 bridgehead atoms. The summed E-state index contributed by atoms with van der Waals surface area (Å²) in [6, 6.07) is 30.7. The first kappa shape index (κ1) is 45.2. The van der Waals surface area contributed by atoms with Gasteiger partial charge in [0, 0.05) is 53.4 Å². The zero-order valence-electron chi connectivity index (χ0n) is 36.7. The lowest BCUT2D eigenvalue weighted by Crippen LogP contribution is -2.13. The second-order valence-electron chi connectivity index (χ2n) is 19.0. The van der Waals surface area contributed by atoms with E-state index in [1.54, 1.807) is 24.8 Å². The number of nitrogens with zero attached hydrogens (tertiary/aromatic N) is 6. The average Bonchev–Trinajstić information content (AvgIpc) is 3.79. The molecule has 5 heterocycles. The monoisotopic (exact) mass is 755 g/mol. The molecule has 0 amide bonds. The molecule has 0 saturated heterocycles. The molecule has 0 saturated carbocycles. The van der Waals surface area contributed by atoms with Crippen LogP contribution in [0.15, 0.2) is 133 Å². The molecule has 0 atom stereocenters. The topological polar surface area (TPSA) is 82.0 Å². The Hall–Kier alpha value is -5.17. The molecule has 298 valence electrons. The average molecular weight is 755 g/mol. The highest BCUT2D eigenvalue weighted by Crippen LogP contribution is 2.26. The van der Waals surface area contributed by atoms with Crippen LogP contribution in [-0.2, 0) is 27.1 Å². The van der Waals surface area contributed by atoms with Crippen LogP contribution in [0, 0.1) is 0 Å². The molecule has 0 aliphatic rings. The summed E-state index contributed by atoms with van der Waals surface area (Å²) < 4.78 is 7.54. The standard InChI is InChI=1S/C11H14N2.C11H13NO.C10H14.C9H13N.C8H12N2/c1-11(2,3)10-8-9-6-4-5-7-13(9)12-10;1-11(2,3)10-12-8-6-4-5-7-9(8)13-10;1-10(2,3)9-7-5-4-6-8-9;1-9(2,3)8-5-4-6-10-7-8;1-8(2,3)7-6-9-4-5-10-7/h4-8H,1-3H3;4-7H,1-3H3;4-8H,1-3H3;4-7H,1-3H3;4-6H,1-3H3. The Kier molecular flexibility index (Phi) is 15.4. The summed E-state index contributed by atoms with van der Waals surface area (Å²) in [5.74, 6) is 0.800. The summed E-state index contributed by atoms with van der Waals surface area (Å²) in [7, 11) is 0. The molecule has 2 aromatic carbocycles. The molecule has 0 N–H and O–H groups in total. The third kappa shape index (κ3) is 14.8. The molecule has 7 nitrogen and oxygen atoms in total. The van der Waals surface area contributed by atoms with Gasteiger partial charge < -0.3 is 4.42 Å². The molecule has 5 aromatic heterocycles. The minimum absolute atomic E-state index is 0.0149. The van der Waals surface area contributed by atoms with Gasteiger partial charge in [0.05, 0.1) is 16.9 Å². The van der Waals surface area contributed by atoms with Crippen molar-refractivity contribution in [1.82, 2.24) is 29.5 Å². The van der Waals surface area contributed by atoms with Crippen LogP contribution < -0.4 is 0 Å². The van der Waals surface area contributed by atoms with E-state index in [4.69, 9.17) is 4.42 Å². The van der Waals surface area contributed by atoms with Crippen molar-refractivity contribution in [1.29, 1.82) is 0 Å². The third-order valence-corrected chi connectivity index (χ3v) is 8.57. The van der Waals surface area contributed by atoms with Gasteiger partial charge in [0.1, 0.15) is 5.52 Å². The lowest BCUT2D eigenvalue weighted by atomic mass is 9.87. The number of hydrogen-bond donors (Lipinski definition) is 0. The Labute approximate surface area is 337 Å². The van der Waals surface area contributed by atoms with Gasteiger partial charge in [-0.25, -0.2) is 9.50 Å². The van der Waals surface area contributed by atoms with E-state index in [9.17, 15) is 0 Å². The fraction of sp³-hybridized carbons (Fsp3) is 0.408. The molecule has 0 aliphatic carbocycles. The Morgan fingerprint density at radius 1 is 0.482 bits per heavy atom. The molecule has 0 radical (unpaired) electrons. The van der Waals surface area contributed by atoms with Crippen molar-refractivity contribution in [3.8, 4) is 0 Å². The number of benzene rings is 2. The predicted molar refractivity (Wildman–Crippen MR) is 235 cm³/mol. The lowest BCUT2D eigenvalue weighted by Gasteiger charge is -2.18. The van der Waals surface area contributed by atoms with Gasteiger partial charge in [-0.1, -0.05) is 158 Å². The molecule has 0 spiro atoms. The number of fused-ring (bicyclic) bond motifs is 2. The fourth-order valence-electron chi connectivity index (χ4n) is 4.93. The molecular weight excluding hydrogens is 689 g/mol. The zero-order valence-corrected chi connectivity index (χ0v) is 36.7. The summed E-state index contributed by atoms with van der Waals surface area (Å²) in [6.07, 6.45) is 10.9. The molecule has 0 fully saturated rings. The second-order valence-corrected chi connectivity index (χ2v) is 19.0. The first-order valence-electron chi connectivity index (χ1n) is 19.5. The summed E-state index contributed by atoms with van der Waals surface area (Å²) >= 11 is 0. The van der Waals surface area contributed by atoms with E-state index < -0.39 is 0 Å².